The molecule has 0 spiro atoms. The third-order valence-corrected chi connectivity index (χ3v) is 3.47. The average Bonchev–Trinajstić information content (AvgIpc) is 2.79. The van der Waals surface area contributed by atoms with E-state index < -0.39 is 0 Å². The first-order chi connectivity index (χ1) is 9.11. The maximum absolute atomic E-state index is 13.3. The molecule has 3 nitrogen and oxygen atoms in total. The number of nitrogens with one attached hydrogen (secondary N) is 1. The van der Waals surface area contributed by atoms with Crippen LogP contribution >= 0.6 is 11.6 Å². The van der Waals surface area contributed by atoms with E-state index in [2.05, 4.69) is 10.4 Å². The Hall–Kier alpha value is -1.39. The first-order valence-corrected chi connectivity index (χ1v) is 6.64. The minimum absolute atomic E-state index is 0.0665. The van der Waals surface area contributed by atoms with Crippen molar-refractivity contribution in [2.75, 3.05) is 6.54 Å². The second kappa shape index (κ2) is 6.17. The van der Waals surface area contributed by atoms with Crippen molar-refractivity contribution < 1.29 is 4.39 Å². The van der Waals surface area contributed by atoms with E-state index in [-0.39, 0.29) is 11.9 Å². The Labute approximate surface area is 117 Å². The number of benzene rings is 1. The summed E-state index contributed by atoms with van der Waals surface area (Å²) in [6.07, 6.45) is 2.39. The Balaban J connectivity index is 2.26. The van der Waals surface area contributed by atoms with Crippen LogP contribution in [0.25, 0.3) is 0 Å². The fourth-order valence-electron chi connectivity index (χ4n) is 2.17. The Morgan fingerprint density at radius 3 is 2.84 bits per heavy atom. The summed E-state index contributed by atoms with van der Waals surface area (Å²) in [5.74, 6) is -0.264. The zero-order valence-corrected chi connectivity index (χ0v) is 11.8. The van der Waals surface area contributed by atoms with Crippen molar-refractivity contribution in [2.24, 2.45) is 7.05 Å². The molecule has 1 heterocycles. The molecule has 0 fully saturated rings. The molecule has 0 aliphatic carbocycles. The molecule has 19 heavy (non-hydrogen) atoms. The predicted molar refractivity (Wildman–Crippen MR) is 74.7 cm³/mol. The summed E-state index contributed by atoms with van der Waals surface area (Å²) in [5.41, 5.74) is 1.86. The SMILES string of the molecule is CCNC(Cc1cc(F)ccc1Cl)c1ccnn1C. The van der Waals surface area contributed by atoms with Crippen molar-refractivity contribution in [3.05, 3.63) is 52.6 Å². The third kappa shape index (κ3) is 3.33. The minimum atomic E-state index is -0.264. The standard InChI is InChI=1S/C14H17ClFN3/c1-3-17-13(14-6-7-18-19(14)2)9-10-8-11(16)4-5-12(10)15/h4-8,13,17H,3,9H2,1-2H3. The van der Waals surface area contributed by atoms with Crippen LogP contribution in [-0.2, 0) is 13.5 Å². The van der Waals surface area contributed by atoms with Gasteiger partial charge in [-0.05, 0) is 42.8 Å². The molecule has 0 saturated heterocycles. The number of hydrogen-bond donors (Lipinski definition) is 1. The minimum Gasteiger partial charge on any atom is -0.309 e. The maximum atomic E-state index is 13.3. The Kier molecular flexibility index (Phi) is 4.56. The number of hydrogen-bond acceptors (Lipinski definition) is 2. The summed E-state index contributed by atoms with van der Waals surface area (Å²) in [5, 5.41) is 8.14. The van der Waals surface area contributed by atoms with Gasteiger partial charge in [0.2, 0.25) is 0 Å². The number of aryl methyl sites for hydroxylation is 1. The van der Waals surface area contributed by atoms with Crippen LogP contribution in [0.4, 0.5) is 4.39 Å². The molecule has 102 valence electrons. The molecule has 1 atom stereocenters. The van der Waals surface area contributed by atoms with Crippen LogP contribution in [0.15, 0.2) is 30.5 Å². The van der Waals surface area contributed by atoms with E-state index in [0.29, 0.717) is 11.4 Å². The molecule has 0 bridgehead atoms. The van der Waals surface area contributed by atoms with Gasteiger partial charge in [0, 0.05) is 18.3 Å². The van der Waals surface area contributed by atoms with E-state index in [9.17, 15) is 4.39 Å². The monoisotopic (exact) mass is 281 g/mol. The number of aromatic nitrogens is 2. The highest BCUT2D eigenvalue weighted by Gasteiger charge is 2.16. The fraction of sp³-hybridized carbons (Fsp3) is 0.357. The smallest absolute Gasteiger partial charge is 0.123 e. The molecular formula is C14H17ClFN3. The van der Waals surface area contributed by atoms with Crippen molar-refractivity contribution in [2.45, 2.75) is 19.4 Å². The lowest BCUT2D eigenvalue weighted by molar-refractivity contribution is 0.506. The summed E-state index contributed by atoms with van der Waals surface area (Å²) in [4.78, 5) is 0. The molecular weight excluding hydrogens is 265 g/mol. The first-order valence-electron chi connectivity index (χ1n) is 6.27. The molecule has 1 N–H and O–H groups in total. The van der Waals surface area contributed by atoms with Gasteiger partial charge in [-0.2, -0.15) is 5.10 Å². The highest BCUT2D eigenvalue weighted by Crippen LogP contribution is 2.24. The van der Waals surface area contributed by atoms with Crippen LogP contribution in [0.1, 0.15) is 24.2 Å². The zero-order valence-electron chi connectivity index (χ0n) is 11.0. The molecule has 5 heteroatoms. The quantitative estimate of drug-likeness (QED) is 0.913. The van der Waals surface area contributed by atoms with E-state index in [0.717, 1.165) is 17.8 Å². The summed E-state index contributed by atoms with van der Waals surface area (Å²) in [7, 11) is 1.90. The van der Waals surface area contributed by atoms with Crippen molar-refractivity contribution in [3.63, 3.8) is 0 Å². The van der Waals surface area contributed by atoms with Crippen LogP contribution in [0, 0.1) is 5.82 Å². The van der Waals surface area contributed by atoms with Gasteiger partial charge in [0.25, 0.3) is 0 Å². The Morgan fingerprint density at radius 2 is 2.21 bits per heavy atom. The van der Waals surface area contributed by atoms with Crippen LogP contribution in [-0.4, -0.2) is 16.3 Å². The number of halogens is 2. The summed E-state index contributed by atoms with van der Waals surface area (Å²) >= 11 is 6.12. The lowest BCUT2D eigenvalue weighted by Crippen LogP contribution is -2.25. The molecule has 2 aromatic rings. The second-order valence-electron chi connectivity index (χ2n) is 4.43. The molecule has 1 aromatic carbocycles. The lowest BCUT2D eigenvalue weighted by atomic mass is 10.0. The summed E-state index contributed by atoms with van der Waals surface area (Å²) in [6, 6.07) is 6.48. The number of rotatable bonds is 5. The van der Waals surface area contributed by atoms with Crippen molar-refractivity contribution >= 4 is 11.6 Å². The van der Waals surface area contributed by atoms with Crippen LogP contribution in [0.2, 0.25) is 5.02 Å². The van der Waals surface area contributed by atoms with E-state index in [1.54, 1.807) is 12.3 Å². The molecule has 0 saturated carbocycles. The predicted octanol–water partition coefficient (Wildman–Crippen LogP) is 3.11. The first kappa shape index (κ1) is 14.0. The van der Waals surface area contributed by atoms with Gasteiger partial charge in [0.1, 0.15) is 5.82 Å². The Bertz CT molecular complexity index is 553. The van der Waals surface area contributed by atoms with E-state index >= 15 is 0 Å². The summed E-state index contributed by atoms with van der Waals surface area (Å²) < 4.78 is 15.1. The second-order valence-corrected chi connectivity index (χ2v) is 4.84. The highest BCUT2D eigenvalue weighted by molar-refractivity contribution is 6.31. The zero-order chi connectivity index (χ0) is 13.8. The molecule has 0 radical (unpaired) electrons. The third-order valence-electron chi connectivity index (χ3n) is 3.10. The topological polar surface area (TPSA) is 29.9 Å². The summed E-state index contributed by atoms with van der Waals surface area (Å²) in [6.45, 7) is 2.86. The molecule has 0 aliphatic rings. The lowest BCUT2D eigenvalue weighted by Gasteiger charge is -2.19. The van der Waals surface area contributed by atoms with E-state index in [1.807, 2.05) is 24.7 Å². The van der Waals surface area contributed by atoms with Gasteiger partial charge in [-0.1, -0.05) is 18.5 Å². The van der Waals surface area contributed by atoms with Crippen LogP contribution < -0.4 is 5.32 Å². The van der Waals surface area contributed by atoms with Crippen molar-refractivity contribution in [3.8, 4) is 0 Å². The van der Waals surface area contributed by atoms with Gasteiger partial charge >= 0.3 is 0 Å². The fourth-order valence-corrected chi connectivity index (χ4v) is 2.37. The van der Waals surface area contributed by atoms with E-state index in [1.165, 1.54) is 12.1 Å². The van der Waals surface area contributed by atoms with Gasteiger partial charge in [-0.3, -0.25) is 4.68 Å². The van der Waals surface area contributed by atoms with Crippen molar-refractivity contribution in [1.82, 2.24) is 15.1 Å². The normalized spacial score (nSPS) is 12.6. The van der Waals surface area contributed by atoms with Gasteiger partial charge < -0.3 is 5.32 Å². The van der Waals surface area contributed by atoms with Crippen LogP contribution in [0.5, 0.6) is 0 Å². The van der Waals surface area contributed by atoms with Gasteiger partial charge in [-0.25, -0.2) is 4.39 Å². The maximum Gasteiger partial charge on any atom is 0.123 e. The van der Waals surface area contributed by atoms with Gasteiger partial charge in [0.15, 0.2) is 0 Å². The van der Waals surface area contributed by atoms with Crippen LogP contribution in [0.3, 0.4) is 0 Å². The van der Waals surface area contributed by atoms with Gasteiger partial charge in [0.05, 0.1) is 11.7 Å². The number of nitrogens with zero attached hydrogens (tertiary/aromatic N) is 2. The Morgan fingerprint density at radius 1 is 1.42 bits per heavy atom. The average molecular weight is 282 g/mol. The van der Waals surface area contributed by atoms with E-state index in [4.69, 9.17) is 11.6 Å². The highest BCUT2D eigenvalue weighted by atomic mass is 35.5. The largest absolute Gasteiger partial charge is 0.309 e. The van der Waals surface area contributed by atoms with Crippen molar-refractivity contribution in [1.29, 1.82) is 0 Å². The molecule has 0 aliphatic heterocycles. The molecule has 1 unspecified atom stereocenters. The van der Waals surface area contributed by atoms with Gasteiger partial charge in [-0.15, -0.1) is 0 Å². The molecule has 0 amide bonds. The molecule has 2 rings (SSSR count). The molecule has 1 aromatic heterocycles. The number of likely N-dealkylation sites (N-methyl/N-ethyl adjacent to an activating group) is 1.